The first kappa shape index (κ1) is 16.7. The summed E-state index contributed by atoms with van der Waals surface area (Å²) in [6.07, 6.45) is 0. The number of rotatable bonds is 6. The van der Waals surface area contributed by atoms with E-state index in [2.05, 4.69) is 10.2 Å². The van der Waals surface area contributed by atoms with Crippen LogP contribution in [0.3, 0.4) is 0 Å². The van der Waals surface area contributed by atoms with Crippen LogP contribution in [0, 0.1) is 0 Å². The van der Waals surface area contributed by atoms with Crippen LogP contribution in [0.25, 0.3) is 11.0 Å². The molecule has 0 spiro atoms. The van der Waals surface area contributed by atoms with Crippen LogP contribution in [0.15, 0.2) is 29.1 Å². The third-order valence-electron chi connectivity index (χ3n) is 4.40. The lowest BCUT2D eigenvalue weighted by Gasteiger charge is -2.26. The molecule has 0 saturated carbocycles. The number of ether oxygens (including phenoxy) is 1. The van der Waals surface area contributed by atoms with Gasteiger partial charge in [-0.15, -0.1) is 0 Å². The van der Waals surface area contributed by atoms with Crippen molar-refractivity contribution in [2.75, 3.05) is 39.4 Å². The lowest BCUT2D eigenvalue weighted by molar-refractivity contribution is -0.121. The first-order valence-corrected chi connectivity index (χ1v) is 8.45. The van der Waals surface area contributed by atoms with Crippen LogP contribution in [0.2, 0.25) is 0 Å². The van der Waals surface area contributed by atoms with Gasteiger partial charge in [0, 0.05) is 32.7 Å². The van der Waals surface area contributed by atoms with Crippen molar-refractivity contribution >= 4 is 16.9 Å². The number of nitrogens with one attached hydrogen (secondary N) is 1. The van der Waals surface area contributed by atoms with Gasteiger partial charge in [-0.05, 0) is 19.1 Å². The molecule has 0 unspecified atom stereocenters. The van der Waals surface area contributed by atoms with Crippen molar-refractivity contribution in [3.63, 3.8) is 0 Å². The minimum Gasteiger partial charge on any atom is -0.379 e. The number of imidazole rings is 1. The molecule has 7 nitrogen and oxygen atoms in total. The average Bonchev–Trinajstić information content (AvgIpc) is 2.87. The SMILES string of the molecule is CCn1c(=O)n(CC(=O)NCCN2CCOCC2)c2ccccc21. The third-order valence-corrected chi connectivity index (χ3v) is 4.40. The summed E-state index contributed by atoms with van der Waals surface area (Å²) in [6.45, 7) is 7.26. The lowest BCUT2D eigenvalue weighted by atomic mass is 10.3. The number of hydrogen-bond donors (Lipinski definition) is 1. The fraction of sp³-hybridized carbons (Fsp3) is 0.529. The molecule has 2 heterocycles. The molecule has 0 aliphatic carbocycles. The summed E-state index contributed by atoms with van der Waals surface area (Å²) >= 11 is 0. The zero-order chi connectivity index (χ0) is 16.9. The topological polar surface area (TPSA) is 68.5 Å². The molecule has 3 rings (SSSR count). The maximum atomic E-state index is 12.5. The van der Waals surface area contributed by atoms with Gasteiger partial charge in [-0.1, -0.05) is 12.1 Å². The summed E-state index contributed by atoms with van der Waals surface area (Å²) in [4.78, 5) is 27.0. The number of aromatic nitrogens is 2. The highest BCUT2D eigenvalue weighted by Crippen LogP contribution is 2.12. The van der Waals surface area contributed by atoms with Crippen molar-refractivity contribution in [3.8, 4) is 0 Å². The third kappa shape index (κ3) is 3.52. The molecule has 7 heteroatoms. The van der Waals surface area contributed by atoms with Crippen LogP contribution < -0.4 is 11.0 Å². The lowest BCUT2D eigenvalue weighted by Crippen LogP contribution is -2.42. The molecule has 2 aromatic rings. The number of carbonyl (C=O) groups is 1. The standard InChI is InChI=1S/C17H24N4O3/c1-2-20-14-5-3-4-6-15(14)21(17(20)23)13-16(22)18-7-8-19-9-11-24-12-10-19/h3-6H,2,7-13H2,1H3,(H,18,22). The van der Waals surface area contributed by atoms with E-state index >= 15 is 0 Å². The average molecular weight is 332 g/mol. The van der Waals surface area contributed by atoms with Crippen LogP contribution in [0.4, 0.5) is 0 Å². The zero-order valence-electron chi connectivity index (χ0n) is 14.0. The maximum absolute atomic E-state index is 12.5. The molecule has 1 saturated heterocycles. The normalized spacial score (nSPS) is 15.7. The molecule has 1 fully saturated rings. The first-order chi connectivity index (χ1) is 11.7. The van der Waals surface area contributed by atoms with Gasteiger partial charge in [0.2, 0.25) is 5.91 Å². The van der Waals surface area contributed by atoms with E-state index in [4.69, 9.17) is 4.74 Å². The second-order valence-corrected chi connectivity index (χ2v) is 5.91. The quantitative estimate of drug-likeness (QED) is 0.825. The van der Waals surface area contributed by atoms with Gasteiger partial charge in [-0.2, -0.15) is 0 Å². The van der Waals surface area contributed by atoms with Crippen molar-refractivity contribution in [2.24, 2.45) is 0 Å². The number of carbonyl (C=O) groups excluding carboxylic acids is 1. The molecular weight excluding hydrogens is 308 g/mol. The van der Waals surface area contributed by atoms with Gasteiger partial charge in [0.25, 0.3) is 0 Å². The summed E-state index contributed by atoms with van der Waals surface area (Å²) in [7, 11) is 0. The molecule has 0 radical (unpaired) electrons. The molecule has 1 aromatic heterocycles. The Hall–Kier alpha value is -2.12. The van der Waals surface area contributed by atoms with Crippen LogP contribution in [0.1, 0.15) is 6.92 Å². The summed E-state index contributed by atoms with van der Waals surface area (Å²) in [6, 6.07) is 7.58. The molecular formula is C17H24N4O3. The molecule has 1 aliphatic rings. The van der Waals surface area contributed by atoms with Gasteiger partial charge in [0.1, 0.15) is 6.54 Å². The molecule has 1 aliphatic heterocycles. The summed E-state index contributed by atoms with van der Waals surface area (Å²) < 4.78 is 8.54. The van der Waals surface area contributed by atoms with Crippen molar-refractivity contribution in [3.05, 3.63) is 34.7 Å². The predicted octanol–water partition coefficient (Wildman–Crippen LogP) is 0.271. The van der Waals surface area contributed by atoms with E-state index in [1.54, 1.807) is 9.13 Å². The van der Waals surface area contributed by atoms with E-state index < -0.39 is 0 Å². The zero-order valence-corrected chi connectivity index (χ0v) is 14.0. The maximum Gasteiger partial charge on any atom is 0.329 e. The highest BCUT2D eigenvalue weighted by atomic mass is 16.5. The Balaban J connectivity index is 1.63. The van der Waals surface area contributed by atoms with E-state index in [0.29, 0.717) is 13.1 Å². The number of amides is 1. The molecule has 1 N–H and O–H groups in total. The van der Waals surface area contributed by atoms with E-state index in [0.717, 1.165) is 43.9 Å². The Morgan fingerprint density at radius 2 is 1.83 bits per heavy atom. The predicted molar refractivity (Wildman–Crippen MR) is 92.1 cm³/mol. The minimum absolute atomic E-state index is 0.0510. The van der Waals surface area contributed by atoms with E-state index in [-0.39, 0.29) is 18.1 Å². The van der Waals surface area contributed by atoms with Gasteiger partial charge in [0.15, 0.2) is 0 Å². The highest BCUT2D eigenvalue weighted by Gasteiger charge is 2.15. The van der Waals surface area contributed by atoms with Gasteiger partial charge in [-0.3, -0.25) is 18.8 Å². The second-order valence-electron chi connectivity index (χ2n) is 5.91. The van der Waals surface area contributed by atoms with Crippen LogP contribution in [0.5, 0.6) is 0 Å². The van der Waals surface area contributed by atoms with Crippen molar-refractivity contribution in [2.45, 2.75) is 20.0 Å². The minimum atomic E-state index is -0.137. The number of benzene rings is 1. The van der Waals surface area contributed by atoms with Gasteiger partial charge in [-0.25, -0.2) is 4.79 Å². The number of nitrogens with zero attached hydrogens (tertiary/aromatic N) is 3. The molecule has 0 atom stereocenters. The molecule has 1 amide bonds. The molecule has 24 heavy (non-hydrogen) atoms. The Bertz CT molecular complexity index is 759. The second kappa shape index (κ2) is 7.63. The van der Waals surface area contributed by atoms with Gasteiger partial charge < -0.3 is 10.1 Å². The van der Waals surface area contributed by atoms with E-state index in [9.17, 15) is 9.59 Å². The fourth-order valence-electron chi connectivity index (χ4n) is 3.11. The van der Waals surface area contributed by atoms with Gasteiger partial charge in [0.05, 0.1) is 24.2 Å². The molecule has 0 bridgehead atoms. The van der Waals surface area contributed by atoms with Crippen LogP contribution >= 0.6 is 0 Å². The smallest absolute Gasteiger partial charge is 0.329 e. The number of para-hydroxylation sites is 2. The van der Waals surface area contributed by atoms with Gasteiger partial charge >= 0.3 is 5.69 Å². The van der Waals surface area contributed by atoms with Crippen LogP contribution in [-0.2, 0) is 22.6 Å². The molecule has 1 aromatic carbocycles. The van der Waals surface area contributed by atoms with E-state index in [1.165, 1.54) is 0 Å². The number of aryl methyl sites for hydroxylation is 1. The number of hydrogen-bond acceptors (Lipinski definition) is 4. The summed E-state index contributed by atoms with van der Waals surface area (Å²) in [5.74, 6) is -0.135. The Labute approximate surface area is 140 Å². The monoisotopic (exact) mass is 332 g/mol. The highest BCUT2D eigenvalue weighted by molar-refractivity contribution is 5.80. The van der Waals surface area contributed by atoms with Crippen molar-refractivity contribution in [1.82, 2.24) is 19.4 Å². The van der Waals surface area contributed by atoms with Crippen LogP contribution in [-0.4, -0.2) is 59.3 Å². The molecule has 130 valence electrons. The van der Waals surface area contributed by atoms with E-state index in [1.807, 2.05) is 31.2 Å². The first-order valence-electron chi connectivity index (χ1n) is 8.45. The largest absolute Gasteiger partial charge is 0.379 e. The van der Waals surface area contributed by atoms with Crippen molar-refractivity contribution in [1.29, 1.82) is 0 Å². The van der Waals surface area contributed by atoms with Crippen molar-refractivity contribution < 1.29 is 9.53 Å². The number of fused-ring (bicyclic) bond motifs is 1. The fourth-order valence-corrected chi connectivity index (χ4v) is 3.11. The Kier molecular flexibility index (Phi) is 5.32. The Morgan fingerprint density at radius 3 is 2.50 bits per heavy atom. The summed E-state index contributed by atoms with van der Waals surface area (Å²) in [5.41, 5.74) is 1.53. The number of morpholine rings is 1. The summed E-state index contributed by atoms with van der Waals surface area (Å²) in [5, 5.41) is 2.91. The Morgan fingerprint density at radius 1 is 1.17 bits per heavy atom.